The maximum Gasteiger partial charge on any atom is 0.168 e. The number of halogens is 2. The predicted octanol–water partition coefficient (Wildman–Crippen LogP) is 7.85. The Morgan fingerprint density at radius 1 is 0.875 bits per heavy atom. The summed E-state index contributed by atoms with van der Waals surface area (Å²) in [5, 5.41) is 0. The fourth-order valence-electron chi connectivity index (χ4n) is 5.75. The van der Waals surface area contributed by atoms with Crippen LogP contribution in [0, 0.1) is 23.5 Å². The lowest BCUT2D eigenvalue weighted by Crippen LogP contribution is -2.32. The third kappa shape index (κ3) is 5.22. The lowest BCUT2D eigenvalue weighted by molar-refractivity contribution is -0.0409. The second kappa shape index (κ2) is 10.9. The predicted molar refractivity (Wildman–Crippen MR) is 126 cm³/mol. The molecule has 1 aromatic carbocycles. The Bertz CT molecular complexity index is 866. The highest BCUT2D eigenvalue weighted by Gasteiger charge is 2.33. The zero-order valence-electron chi connectivity index (χ0n) is 19.6. The van der Waals surface area contributed by atoms with Crippen LogP contribution in [0.15, 0.2) is 30.5 Å². The van der Waals surface area contributed by atoms with Gasteiger partial charge in [-0.1, -0.05) is 38.8 Å². The molecule has 4 rings (SSSR count). The molecule has 2 nitrogen and oxygen atoms in total. The van der Waals surface area contributed by atoms with Crippen LogP contribution in [0.5, 0.6) is 0 Å². The van der Waals surface area contributed by atoms with Crippen molar-refractivity contribution in [3.05, 3.63) is 53.2 Å². The third-order valence-corrected chi connectivity index (χ3v) is 7.65. The largest absolute Gasteiger partial charge is 0.378 e. The van der Waals surface area contributed by atoms with Crippen LogP contribution in [0.2, 0.25) is 0 Å². The van der Waals surface area contributed by atoms with Crippen LogP contribution in [-0.2, 0) is 11.2 Å². The van der Waals surface area contributed by atoms with E-state index < -0.39 is 11.6 Å². The van der Waals surface area contributed by atoms with E-state index in [2.05, 4.69) is 18.8 Å². The normalized spacial score (nSPS) is 26.2. The smallest absolute Gasteiger partial charge is 0.168 e. The van der Waals surface area contributed by atoms with Gasteiger partial charge in [-0.25, -0.2) is 8.78 Å². The first-order valence-electron chi connectivity index (χ1n) is 12.6. The minimum Gasteiger partial charge on any atom is -0.378 e. The quantitative estimate of drug-likeness (QED) is 0.436. The van der Waals surface area contributed by atoms with E-state index in [0.29, 0.717) is 29.2 Å². The van der Waals surface area contributed by atoms with Gasteiger partial charge in [-0.3, -0.25) is 4.98 Å². The van der Waals surface area contributed by atoms with E-state index in [1.54, 1.807) is 24.4 Å². The highest BCUT2D eigenvalue weighted by Crippen LogP contribution is 2.43. The number of benzene rings is 1. The molecule has 0 amide bonds. The molecule has 1 saturated carbocycles. The van der Waals surface area contributed by atoms with Crippen molar-refractivity contribution < 1.29 is 13.5 Å². The summed E-state index contributed by atoms with van der Waals surface area (Å²) >= 11 is 0. The highest BCUT2D eigenvalue weighted by molar-refractivity contribution is 5.61. The first kappa shape index (κ1) is 23.4. The summed E-state index contributed by atoms with van der Waals surface area (Å²) in [5.74, 6) is -0.0505. The molecule has 2 heterocycles. The van der Waals surface area contributed by atoms with Gasteiger partial charge >= 0.3 is 0 Å². The van der Waals surface area contributed by atoms with Crippen LogP contribution < -0.4 is 0 Å². The zero-order valence-corrected chi connectivity index (χ0v) is 19.6. The summed E-state index contributed by atoms with van der Waals surface area (Å²) in [5.41, 5.74) is 2.41. The fraction of sp³-hybridized carbons (Fsp3) is 0.607. The topological polar surface area (TPSA) is 22.1 Å². The molecule has 0 bridgehead atoms. The van der Waals surface area contributed by atoms with Crippen molar-refractivity contribution in [2.24, 2.45) is 11.8 Å². The summed E-state index contributed by atoms with van der Waals surface area (Å²) in [4.78, 5) is 4.37. The van der Waals surface area contributed by atoms with E-state index in [0.717, 1.165) is 50.7 Å². The first-order valence-corrected chi connectivity index (χ1v) is 12.6. The lowest BCUT2D eigenvalue weighted by atomic mass is 9.72. The van der Waals surface area contributed by atoms with Crippen molar-refractivity contribution in [2.45, 2.75) is 90.1 Å². The number of pyridine rings is 1. The minimum atomic E-state index is -0.761. The first-order chi connectivity index (χ1) is 15.6. The summed E-state index contributed by atoms with van der Waals surface area (Å²) < 4.78 is 36.2. The van der Waals surface area contributed by atoms with Gasteiger partial charge in [-0.2, -0.15) is 0 Å². The summed E-state index contributed by atoms with van der Waals surface area (Å²) in [6.45, 7) is 5.20. The SMILES string of the molecule is CCCc1ccc(-c2ccc(C3CCC(C4CCC(CCC)OC4)CC3)c(F)c2F)nc1. The average Bonchev–Trinajstić information content (AvgIpc) is 2.83. The number of hydrogen-bond donors (Lipinski definition) is 0. The monoisotopic (exact) mass is 441 g/mol. The van der Waals surface area contributed by atoms with Crippen molar-refractivity contribution in [3.63, 3.8) is 0 Å². The number of aryl methyl sites for hydroxylation is 1. The van der Waals surface area contributed by atoms with E-state index in [9.17, 15) is 4.39 Å². The van der Waals surface area contributed by atoms with Crippen LogP contribution >= 0.6 is 0 Å². The van der Waals surface area contributed by atoms with Crippen LogP contribution in [0.3, 0.4) is 0 Å². The number of aromatic nitrogens is 1. The number of nitrogens with zero attached hydrogens (tertiary/aromatic N) is 1. The van der Waals surface area contributed by atoms with E-state index in [1.807, 2.05) is 6.07 Å². The molecule has 4 heteroatoms. The van der Waals surface area contributed by atoms with Gasteiger partial charge in [0.15, 0.2) is 11.6 Å². The second-order valence-electron chi connectivity index (χ2n) is 9.83. The van der Waals surface area contributed by atoms with Gasteiger partial charge in [-0.15, -0.1) is 0 Å². The van der Waals surface area contributed by atoms with Gasteiger partial charge in [0.25, 0.3) is 0 Å². The van der Waals surface area contributed by atoms with Crippen molar-refractivity contribution in [1.29, 1.82) is 0 Å². The van der Waals surface area contributed by atoms with E-state index in [4.69, 9.17) is 4.74 Å². The van der Waals surface area contributed by atoms with E-state index in [-0.39, 0.29) is 11.5 Å². The molecule has 174 valence electrons. The molecule has 2 atom stereocenters. The average molecular weight is 442 g/mol. The summed E-state index contributed by atoms with van der Waals surface area (Å²) in [6, 6.07) is 7.26. The zero-order chi connectivity index (χ0) is 22.5. The van der Waals surface area contributed by atoms with Gasteiger partial charge in [0.1, 0.15) is 0 Å². The molecule has 32 heavy (non-hydrogen) atoms. The molecular weight excluding hydrogens is 404 g/mol. The molecule has 1 aromatic heterocycles. The molecule has 2 unspecified atom stereocenters. The summed E-state index contributed by atoms with van der Waals surface area (Å²) in [6.07, 6.45) is 13.0. The van der Waals surface area contributed by atoms with Crippen molar-refractivity contribution in [1.82, 2.24) is 4.98 Å². The molecule has 1 aliphatic heterocycles. The van der Waals surface area contributed by atoms with Crippen LogP contribution in [0.25, 0.3) is 11.3 Å². The van der Waals surface area contributed by atoms with E-state index in [1.165, 1.54) is 25.7 Å². The number of ether oxygens (including phenoxy) is 1. The van der Waals surface area contributed by atoms with Crippen molar-refractivity contribution >= 4 is 0 Å². The molecule has 0 N–H and O–H groups in total. The Morgan fingerprint density at radius 2 is 1.66 bits per heavy atom. The van der Waals surface area contributed by atoms with Gasteiger partial charge < -0.3 is 4.74 Å². The van der Waals surface area contributed by atoms with Crippen LogP contribution in [0.4, 0.5) is 8.78 Å². The Morgan fingerprint density at radius 3 is 2.28 bits per heavy atom. The van der Waals surface area contributed by atoms with E-state index >= 15 is 4.39 Å². The number of rotatable bonds is 7. The molecule has 1 aliphatic carbocycles. The minimum absolute atomic E-state index is 0.104. The Balaban J connectivity index is 1.38. The maximum atomic E-state index is 15.1. The fourth-order valence-corrected chi connectivity index (χ4v) is 5.75. The molecular formula is C28H37F2NO. The summed E-state index contributed by atoms with van der Waals surface area (Å²) in [7, 11) is 0. The highest BCUT2D eigenvalue weighted by atomic mass is 19.2. The van der Waals surface area contributed by atoms with Crippen LogP contribution in [-0.4, -0.2) is 17.7 Å². The van der Waals surface area contributed by atoms with Crippen molar-refractivity contribution in [3.8, 4) is 11.3 Å². The standard InChI is InChI=1S/C28H37F2NO/c1-3-5-19-7-16-26(31-17-19)25-15-14-24(27(29)28(25)30)21-10-8-20(9-11-21)22-12-13-23(6-4-2)32-18-22/h7,14-17,20-23H,3-6,8-13,18H2,1-2H3. The van der Waals surface area contributed by atoms with Gasteiger partial charge in [0.05, 0.1) is 18.4 Å². The number of hydrogen-bond acceptors (Lipinski definition) is 2. The van der Waals surface area contributed by atoms with Crippen LogP contribution in [0.1, 0.15) is 88.7 Å². The molecule has 2 aromatic rings. The lowest BCUT2D eigenvalue weighted by Gasteiger charge is -2.38. The Labute approximate surface area is 191 Å². The van der Waals surface area contributed by atoms with Gasteiger partial charge in [-0.05, 0) is 92.4 Å². The third-order valence-electron chi connectivity index (χ3n) is 7.65. The molecule has 0 radical (unpaired) electrons. The maximum absolute atomic E-state index is 15.1. The molecule has 1 saturated heterocycles. The van der Waals surface area contributed by atoms with Gasteiger partial charge in [0.2, 0.25) is 0 Å². The van der Waals surface area contributed by atoms with Gasteiger partial charge in [0, 0.05) is 11.8 Å². The molecule has 0 spiro atoms. The molecule has 2 fully saturated rings. The Hall–Kier alpha value is -1.81. The Kier molecular flexibility index (Phi) is 7.93. The van der Waals surface area contributed by atoms with Crippen molar-refractivity contribution in [2.75, 3.05) is 6.61 Å². The second-order valence-corrected chi connectivity index (χ2v) is 9.83. The molecule has 2 aliphatic rings.